The van der Waals surface area contributed by atoms with Crippen LogP contribution >= 0.6 is 0 Å². The minimum absolute atomic E-state index is 0.0668. The van der Waals surface area contributed by atoms with Crippen LogP contribution in [0.2, 0.25) is 0 Å². The van der Waals surface area contributed by atoms with Gasteiger partial charge in [-0.2, -0.15) is 0 Å². The van der Waals surface area contributed by atoms with Gasteiger partial charge in [-0.25, -0.2) is 0 Å². The van der Waals surface area contributed by atoms with Gasteiger partial charge in [-0.15, -0.1) is 0 Å². The standard InChI is InChI=1S/C15H29NO2/c1-3-14(2)11-15(12-17,9-10-18-14)16-13-7-5-4-6-8-13/h13,16-17H,3-12H2,1-2H3. The fraction of sp³-hybridized carbons (Fsp3) is 1.00. The number of hydrogen-bond acceptors (Lipinski definition) is 3. The fourth-order valence-corrected chi connectivity index (χ4v) is 3.56. The van der Waals surface area contributed by atoms with Crippen LogP contribution in [0.1, 0.15) is 65.2 Å². The molecule has 0 amide bonds. The van der Waals surface area contributed by atoms with E-state index < -0.39 is 0 Å². The summed E-state index contributed by atoms with van der Waals surface area (Å²) in [6.45, 7) is 5.36. The van der Waals surface area contributed by atoms with E-state index in [0.29, 0.717) is 6.04 Å². The molecule has 2 atom stereocenters. The van der Waals surface area contributed by atoms with Gasteiger partial charge >= 0.3 is 0 Å². The molecule has 2 rings (SSSR count). The van der Waals surface area contributed by atoms with Crippen molar-refractivity contribution < 1.29 is 9.84 Å². The van der Waals surface area contributed by atoms with E-state index in [-0.39, 0.29) is 17.7 Å². The summed E-state index contributed by atoms with van der Waals surface area (Å²) < 4.78 is 5.91. The van der Waals surface area contributed by atoms with Crippen LogP contribution in [-0.2, 0) is 4.74 Å². The first-order valence-corrected chi connectivity index (χ1v) is 7.64. The minimum atomic E-state index is -0.106. The van der Waals surface area contributed by atoms with Crippen LogP contribution in [0.15, 0.2) is 0 Å². The van der Waals surface area contributed by atoms with Crippen molar-refractivity contribution in [1.29, 1.82) is 0 Å². The first-order valence-electron chi connectivity index (χ1n) is 7.64. The second kappa shape index (κ2) is 5.89. The van der Waals surface area contributed by atoms with Crippen molar-refractivity contribution in [2.45, 2.75) is 82.4 Å². The summed E-state index contributed by atoms with van der Waals surface area (Å²) in [6, 6.07) is 0.602. The van der Waals surface area contributed by atoms with Crippen molar-refractivity contribution in [2.75, 3.05) is 13.2 Å². The highest BCUT2D eigenvalue weighted by molar-refractivity contribution is 4.99. The molecule has 1 aliphatic heterocycles. The van der Waals surface area contributed by atoms with E-state index in [4.69, 9.17) is 4.74 Å². The molecular weight excluding hydrogens is 226 g/mol. The predicted molar refractivity (Wildman–Crippen MR) is 73.7 cm³/mol. The van der Waals surface area contributed by atoms with Crippen molar-refractivity contribution in [3.63, 3.8) is 0 Å². The van der Waals surface area contributed by atoms with Crippen LogP contribution in [0.5, 0.6) is 0 Å². The SMILES string of the molecule is CCC1(C)CC(CO)(NC2CCCCC2)CCO1. The summed E-state index contributed by atoms with van der Waals surface area (Å²) in [4.78, 5) is 0. The summed E-state index contributed by atoms with van der Waals surface area (Å²) in [5.41, 5.74) is -0.173. The van der Waals surface area contributed by atoms with Crippen LogP contribution in [0.4, 0.5) is 0 Å². The van der Waals surface area contributed by atoms with Crippen LogP contribution in [-0.4, -0.2) is 35.5 Å². The summed E-state index contributed by atoms with van der Waals surface area (Å²) in [7, 11) is 0. The molecule has 0 aromatic rings. The highest BCUT2D eigenvalue weighted by atomic mass is 16.5. The van der Waals surface area contributed by atoms with Crippen molar-refractivity contribution in [3.8, 4) is 0 Å². The van der Waals surface area contributed by atoms with Gasteiger partial charge in [0, 0.05) is 18.2 Å². The molecule has 18 heavy (non-hydrogen) atoms. The van der Waals surface area contributed by atoms with E-state index in [0.717, 1.165) is 25.9 Å². The lowest BCUT2D eigenvalue weighted by Crippen LogP contribution is -2.60. The Morgan fingerprint density at radius 1 is 1.28 bits per heavy atom. The molecule has 0 aromatic heterocycles. The van der Waals surface area contributed by atoms with Crippen LogP contribution < -0.4 is 5.32 Å². The Labute approximate surface area is 111 Å². The molecule has 1 aliphatic carbocycles. The van der Waals surface area contributed by atoms with Gasteiger partial charge in [0.05, 0.1) is 12.2 Å². The lowest BCUT2D eigenvalue weighted by Gasteiger charge is -2.47. The molecule has 1 saturated heterocycles. The molecule has 0 aromatic carbocycles. The molecule has 2 fully saturated rings. The zero-order valence-electron chi connectivity index (χ0n) is 12.0. The minimum Gasteiger partial charge on any atom is -0.394 e. The van der Waals surface area contributed by atoms with Gasteiger partial charge in [0.15, 0.2) is 0 Å². The zero-order valence-corrected chi connectivity index (χ0v) is 12.0. The quantitative estimate of drug-likeness (QED) is 0.811. The lowest BCUT2D eigenvalue weighted by molar-refractivity contribution is -0.113. The van der Waals surface area contributed by atoms with E-state index >= 15 is 0 Å². The topological polar surface area (TPSA) is 41.5 Å². The Morgan fingerprint density at radius 3 is 2.61 bits per heavy atom. The van der Waals surface area contributed by atoms with E-state index in [9.17, 15) is 5.11 Å². The molecule has 0 radical (unpaired) electrons. The van der Waals surface area contributed by atoms with E-state index in [1.807, 2.05) is 0 Å². The first-order chi connectivity index (χ1) is 8.61. The molecule has 0 bridgehead atoms. The fourth-order valence-electron chi connectivity index (χ4n) is 3.56. The highest BCUT2D eigenvalue weighted by Gasteiger charge is 2.43. The second-order valence-corrected chi connectivity index (χ2v) is 6.50. The van der Waals surface area contributed by atoms with Gasteiger partial charge < -0.3 is 15.2 Å². The van der Waals surface area contributed by atoms with Crippen molar-refractivity contribution >= 4 is 0 Å². The summed E-state index contributed by atoms with van der Waals surface area (Å²) in [5.74, 6) is 0. The molecule has 2 unspecified atom stereocenters. The average molecular weight is 255 g/mol. The number of nitrogens with one attached hydrogen (secondary N) is 1. The summed E-state index contributed by atoms with van der Waals surface area (Å²) in [5, 5.41) is 13.7. The number of hydrogen-bond donors (Lipinski definition) is 2. The van der Waals surface area contributed by atoms with Crippen molar-refractivity contribution in [3.05, 3.63) is 0 Å². The van der Waals surface area contributed by atoms with E-state index in [1.54, 1.807) is 0 Å². The maximum atomic E-state index is 9.88. The zero-order chi connectivity index (χ0) is 13.1. The molecule has 0 spiro atoms. The Hall–Kier alpha value is -0.120. The van der Waals surface area contributed by atoms with Gasteiger partial charge in [-0.1, -0.05) is 26.2 Å². The van der Waals surface area contributed by atoms with Crippen molar-refractivity contribution in [1.82, 2.24) is 5.32 Å². The Kier molecular flexibility index (Phi) is 4.68. The Balaban J connectivity index is 2.00. The average Bonchev–Trinajstić information content (AvgIpc) is 2.40. The lowest BCUT2D eigenvalue weighted by atomic mass is 9.78. The van der Waals surface area contributed by atoms with Crippen LogP contribution in [0.25, 0.3) is 0 Å². The second-order valence-electron chi connectivity index (χ2n) is 6.50. The maximum Gasteiger partial charge on any atom is 0.0670 e. The largest absolute Gasteiger partial charge is 0.394 e. The first kappa shape index (κ1) is 14.3. The molecule has 3 nitrogen and oxygen atoms in total. The smallest absolute Gasteiger partial charge is 0.0670 e. The van der Waals surface area contributed by atoms with Gasteiger partial charge in [-0.05, 0) is 39.0 Å². The molecule has 2 N–H and O–H groups in total. The number of aliphatic hydroxyl groups excluding tert-OH is 1. The van der Waals surface area contributed by atoms with Crippen molar-refractivity contribution in [2.24, 2.45) is 0 Å². The van der Waals surface area contributed by atoms with Crippen LogP contribution in [0, 0.1) is 0 Å². The molecular formula is C15H29NO2. The van der Waals surface area contributed by atoms with Gasteiger partial charge in [0.25, 0.3) is 0 Å². The molecule has 1 heterocycles. The summed E-state index contributed by atoms with van der Waals surface area (Å²) in [6.07, 6.45) is 9.47. The van der Waals surface area contributed by atoms with E-state index in [1.165, 1.54) is 32.1 Å². The highest BCUT2D eigenvalue weighted by Crippen LogP contribution is 2.35. The molecule has 2 aliphatic rings. The Bertz CT molecular complexity index is 265. The Morgan fingerprint density at radius 2 is 2.00 bits per heavy atom. The molecule has 106 valence electrons. The number of rotatable bonds is 4. The number of aliphatic hydroxyl groups is 1. The third-order valence-corrected chi connectivity index (χ3v) is 4.91. The third-order valence-electron chi connectivity index (χ3n) is 4.91. The number of ether oxygens (including phenoxy) is 1. The van der Waals surface area contributed by atoms with Gasteiger partial charge in [0.2, 0.25) is 0 Å². The maximum absolute atomic E-state index is 9.88. The van der Waals surface area contributed by atoms with Crippen LogP contribution in [0.3, 0.4) is 0 Å². The molecule has 3 heteroatoms. The predicted octanol–water partition coefficient (Wildman–Crippen LogP) is 2.62. The summed E-state index contributed by atoms with van der Waals surface area (Å²) >= 11 is 0. The monoisotopic (exact) mass is 255 g/mol. The van der Waals surface area contributed by atoms with E-state index in [2.05, 4.69) is 19.2 Å². The third kappa shape index (κ3) is 3.25. The normalized spacial score (nSPS) is 38.8. The molecule has 1 saturated carbocycles. The van der Waals surface area contributed by atoms with Gasteiger partial charge in [-0.3, -0.25) is 0 Å². The van der Waals surface area contributed by atoms with Gasteiger partial charge in [0.1, 0.15) is 0 Å².